The molecule has 0 aromatic heterocycles. The van der Waals surface area contributed by atoms with Crippen LogP contribution in [-0.2, 0) is 4.79 Å². The summed E-state index contributed by atoms with van der Waals surface area (Å²) in [6.07, 6.45) is 2.53. The van der Waals surface area contributed by atoms with Crippen LogP contribution in [0.3, 0.4) is 0 Å². The molecule has 1 aliphatic carbocycles. The van der Waals surface area contributed by atoms with Gasteiger partial charge in [-0.25, -0.2) is 0 Å². The Kier molecular flexibility index (Phi) is 4.05. The lowest BCUT2D eigenvalue weighted by atomic mass is 10.2. The maximum absolute atomic E-state index is 11.5. The first kappa shape index (κ1) is 12.4. The minimum absolute atomic E-state index is 0.0635. The molecule has 0 unspecified atom stereocenters. The van der Waals surface area contributed by atoms with Gasteiger partial charge in [0.2, 0.25) is 5.91 Å². The van der Waals surface area contributed by atoms with Crippen LogP contribution in [0.4, 0.5) is 5.69 Å². The van der Waals surface area contributed by atoms with Gasteiger partial charge in [0.05, 0.1) is 6.54 Å². The molecule has 1 saturated carbocycles. The molecule has 0 saturated heterocycles. The SMILES string of the molecule is Cc1ccc(NCC(=O)NCC2CC2)cc1Br. The average Bonchev–Trinajstić information content (AvgIpc) is 3.12. The minimum Gasteiger partial charge on any atom is -0.376 e. The maximum atomic E-state index is 11.5. The van der Waals surface area contributed by atoms with E-state index >= 15 is 0 Å². The van der Waals surface area contributed by atoms with E-state index in [1.165, 1.54) is 18.4 Å². The minimum atomic E-state index is 0.0635. The summed E-state index contributed by atoms with van der Waals surface area (Å²) in [6.45, 7) is 3.20. The van der Waals surface area contributed by atoms with Crippen LogP contribution in [0.25, 0.3) is 0 Å². The fraction of sp³-hybridized carbons (Fsp3) is 0.462. The van der Waals surface area contributed by atoms with E-state index in [0.717, 1.165) is 22.6 Å². The average molecular weight is 297 g/mol. The largest absolute Gasteiger partial charge is 0.376 e. The Morgan fingerprint density at radius 3 is 2.88 bits per heavy atom. The second kappa shape index (κ2) is 5.54. The summed E-state index contributed by atoms with van der Waals surface area (Å²) < 4.78 is 1.06. The molecule has 0 aliphatic heterocycles. The zero-order valence-electron chi connectivity index (χ0n) is 9.92. The van der Waals surface area contributed by atoms with E-state index in [1.54, 1.807) is 0 Å². The summed E-state index contributed by atoms with van der Waals surface area (Å²) in [5, 5.41) is 6.04. The molecule has 2 N–H and O–H groups in total. The predicted molar refractivity (Wildman–Crippen MR) is 73.1 cm³/mol. The van der Waals surface area contributed by atoms with Gasteiger partial charge in [0.1, 0.15) is 0 Å². The number of halogens is 1. The molecule has 1 aromatic carbocycles. The summed E-state index contributed by atoms with van der Waals surface area (Å²) in [5.74, 6) is 0.793. The predicted octanol–water partition coefficient (Wildman–Crippen LogP) is 2.70. The standard InChI is InChI=1S/C13H17BrN2O/c1-9-2-5-11(6-12(9)14)15-8-13(17)16-7-10-3-4-10/h2,5-6,10,15H,3-4,7-8H2,1H3,(H,16,17). The van der Waals surface area contributed by atoms with Crippen molar-refractivity contribution in [1.29, 1.82) is 0 Å². The first-order chi connectivity index (χ1) is 8.15. The van der Waals surface area contributed by atoms with Crippen LogP contribution in [-0.4, -0.2) is 19.0 Å². The highest BCUT2D eigenvalue weighted by Gasteiger charge is 2.21. The zero-order chi connectivity index (χ0) is 12.3. The third-order valence-corrected chi connectivity index (χ3v) is 3.76. The van der Waals surface area contributed by atoms with Crippen LogP contribution >= 0.6 is 15.9 Å². The third-order valence-electron chi connectivity index (χ3n) is 2.91. The van der Waals surface area contributed by atoms with Crippen molar-refractivity contribution < 1.29 is 4.79 Å². The van der Waals surface area contributed by atoms with Crippen molar-refractivity contribution in [2.45, 2.75) is 19.8 Å². The van der Waals surface area contributed by atoms with E-state index in [1.807, 2.05) is 25.1 Å². The smallest absolute Gasteiger partial charge is 0.239 e. The number of rotatable bonds is 5. The van der Waals surface area contributed by atoms with E-state index in [2.05, 4.69) is 26.6 Å². The highest BCUT2D eigenvalue weighted by Crippen LogP contribution is 2.27. The van der Waals surface area contributed by atoms with Gasteiger partial charge in [-0.05, 0) is 43.4 Å². The van der Waals surface area contributed by atoms with Crippen molar-refractivity contribution in [1.82, 2.24) is 5.32 Å². The van der Waals surface area contributed by atoms with Crippen molar-refractivity contribution in [2.75, 3.05) is 18.4 Å². The molecule has 0 bridgehead atoms. The Labute approximate surface area is 110 Å². The third kappa shape index (κ3) is 4.04. The second-order valence-corrected chi connectivity index (χ2v) is 5.42. The van der Waals surface area contributed by atoms with Gasteiger partial charge in [0.25, 0.3) is 0 Å². The van der Waals surface area contributed by atoms with Crippen LogP contribution in [0.2, 0.25) is 0 Å². The van der Waals surface area contributed by atoms with Gasteiger partial charge >= 0.3 is 0 Å². The molecule has 17 heavy (non-hydrogen) atoms. The number of anilines is 1. The molecule has 1 aromatic rings. The van der Waals surface area contributed by atoms with Crippen molar-refractivity contribution in [2.24, 2.45) is 5.92 Å². The monoisotopic (exact) mass is 296 g/mol. The lowest BCUT2D eigenvalue weighted by Crippen LogP contribution is -2.31. The number of benzene rings is 1. The Hall–Kier alpha value is -1.03. The molecule has 0 atom stereocenters. The number of carbonyl (C=O) groups is 1. The van der Waals surface area contributed by atoms with Gasteiger partial charge < -0.3 is 10.6 Å². The van der Waals surface area contributed by atoms with Gasteiger partial charge in [-0.2, -0.15) is 0 Å². The van der Waals surface area contributed by atoms with Gasteiger partial charge in [0.15, 0.2) is 0 Å². The zero-order valence-corrected chi connectivity index (χ0v) is 11.5. The van der Waals surface area contributed by atoms with Crippen molar-refractivity contribution in [3.05, 3.63) is 28.2 Å². The maximum Gasteiger partial charge on any atom is 0.239 e. The second-order valence-electron chi connectivity index (χ2n) is 4.56. The van der Waals surface area contributed by atoms with E-state index in [-0.39, 0.29) is 5.91 Å². The van der Waals surface area contributed by atoms with Crippen molar-refractivity contribution in [3.8, 4) is 0 Å². The fourth-order valence-electron chi connectivity index (χ4n) is 1.53. The molecule has 2 rings (SSSR count). The number of hydrogen-bond acceptors (Lipinski definition) is 2. The number of carbonyl (C=O) groups excluding carboxylic acids is 1. The van der Waals surface area contributed by atoms with Gasteiger partial charge in [-0.15, -0.1) is 0 Å². The highest BCUT2D eigenvalue weighted by atomic mass is 79.9. The first-order valence-corrected chi connectivity index (χ1v) is 6.71. The summed E-state index contributed by atoms with van der Waals surface area (Å²) in [7, 11) is 0. The van der Waals surface area contributed by atoms with Crippen molar-refractivity contribution in [3.63, 3.8) is 0 Å². The van der Waals surface area contributed by atoms with Crippen LogP contribution in [0.1, 0.15) is 18.4 Å². The first-order valence-electron chi connectivity index (χ1n) is 5.92. The normalized spacial score (nSPS) is 14.5. The molecule has 1 aliphatic rings. The number of aryl methyl sites for hydroxylation is 1. The van der Waals surface area contributed by atoms with Gasteiger partial charge in [0, 0.05) is 16.7 Å². The lowest BCUT2D eigenvalue weighted by Gasteiger charge is -2.08. The molecule has 0 heterocycles. The molecule has 0 spiro atoms. The van der Waals surface area contributed by atoms with Crippen molar-refractivity contribution >= 4 is 27.5 Å². The topological polar surface area (TPSA) is 41.1 Å². The van der Waals surface area contributed by atoms with E-state index in [9.17, 15) is 4.79 Å². The molecular weight excluding hydrogens is 280 g/mol. The molecule has 1 amide bonds. The molecule has 1 fully saturated rings. The van der Waals surface area contributed by atoms with Crippen LogP contribution in [0.5, 0.6) is 0 Å². The van der Waals surface area contributed by atoms with Crippen LogP contribution in [0, 0.1) is 12.8 Å². The van der Waals surface area contributed by atoms with E-state index < -0.39 is 0 Å². The fourth-order valence-corrected chi connectivity index (χ4v) is 1.91. The van der Waals surface area contributed by atoms with Gasteiger partial charge in [-0.1, -0.05) is 22.0 Å². The summed E-state index contributed by atoms with van der Waals surface area (Å²) in [6, 6.07) is 5.99. The highest BCUT2D eigenvalue weighted by molar-refractivity contribution is 9.10. The summed E-state index contributed by atoms with van der Waals surface area (Å²) >= 11 is 3.47. The van der Waals surface area contributed by atoms with E-state index in [0.29, 0.717) is 6.54 Å². The van der Waals surface area contributed by atoms with Crippen LogP contribution < -0.4 is 10.6 Å². The Morgan fingerprint density at radius 2 is 2.24 bits per heavy atom. The van der Waals surface area contributed by atoms with E-state index in [4.69, 9.17) is 0 Å². The summed E-state index contributed by atoms with van der Waals surface area (Å²) in [4.78, 5) is 11.5. The Morgan fingerprint density at radius 1 is 1.47 bits per heavy atom. The molecule has 0 radical (unpaired) electrons. The van der Waals surface area contributed by atoms with Crippen LogP contribution in [0.15, 0.2) is 22.7 Å². The number of nitrogens with one attached hydrogen (secondary N) is 2. The molecule has 3 nitrogen and oxygen atoms in total. The summed E-state index contributed by atoms with van der Waals surface area (Å²) in [5.41, 5.74) is 2.15. The molecular formula is C13H17BrN2O. The Balaban J connectivity index is 1.75. The Bertz CT molecular complexity index is 416. The molecule has 4 heteroatoms. The molecule has 92 valence electrons. The lowest BCUT2D eigenvalue weighted by molar-refractivity contribution is -0.119. The number of hydrogen-bond donors (Lipinski definition) is 2. The quantitative estimate of drug-likeness (QED) is 0.877. The number of amides is 1. The van der Waals surface area contributed by atoms with Gasteiger partial charge in [-0.3, -0.25) is 4.79 Å².